The van der Waals surface area contributed by atoms with Crippen LogP contribution in [0.3, 0.4) is 0 Å². The summed E-state index contributed by atoms with van der Waals surface area (Å²) in [7, 11) is 1.57. The first-order valence-electron chi connectivity index (χ1n) is 5.20. The summed E-state index contributed by atoms with van der Waals surface area (Å²) in [5, 5.41) is 3.74. The molecule has 6 heteroatoms. The van der Waals surface area contributed by atoms with Crippen molar-refractivity contribution < 1.29 is 9.21 Å². The average Bonchev–Trinajstić information content (AvgIpc) is 2.85. The molecule has 0 aromatic carbocycles. The Bertz CT molecular complexity index is 626. The maximum Gasteiger partial charge on any atom is 0.272 e. The van der Waals surface area contributed by atoms with Crippen molar-refractivity contribution in [1.82, 2.24) is 9.99 Å². The maximum absolute atomic E-state index is 11.7. The van der Waals surface area contributed by atoms with Gasteiger partial charge >= 0.3 is 0 Å². The number of furan rings is 1. The molecule has 6 nitrogen and oxygen atoms in total. The molecule has 0 radical (unpaired) electrons. The minimum Gasteiger partial charge on any atom is -0.463 e. The second-order valence-corrected chi connectivity index (χ2v) is 3.58. The molecule has 2 heterocycles. The second-order valence-electron chi connectivity index (χ2n) is 3.58. The first kappa shape index (κ1) is 11.8. The van der Waals surface area contributed by atoms with Crippen molar-refractivity contribution in [1.29, 1.82) is 0 Å². The predicted octanol–water partition coefficient (Wildman–Crippen LogP) is 0.742. The molecule has 2 rings (SSSR count). The van der Waals surface area contributed by atoms with Gasteiger partial charge in [0.1, 0.15) is 5.76 Å². The normalized spacial score (nSPS) is 10.7. The van der Waals surface area contributed by atoms with Gasteiger partial charge in [0, 0.05) is 19.3 Å². The van der Waals surface area contributed by atoms with Crippen molar-refractivity contribution in [3.63, 3.8) is 0 Å². The van der Waals surface area contributed by atoms with Gasteiger partial charge in [0.15, 0.2) is 0 Å². The standard InChI is InChI=1S/C12H11N3O3/c1-15-8-9(4-5-11(15)16)12(17)14-13-7-10-3-2-6-18-10/h2-8H,1H3,(H,14,17). The van der Waals surface area contributed by atoms with Crippen molar-refractivity contribution in [3.8, 4) is 0 Å². The van der Waals surface area contributed by atoms with Crippen LogP contribution in [0, 0.1) is 0 Å². The molecule has 0 saturated heterocycles. The highest BCUT2D eigenvalue weighted by Crippen LogP contribution is 1.96. The minimum atomic E-state index is -0.395. The number of hydrogen-bond donors (Lipinski definition) is 1. The zero-order valence-electron chi connectivity index (χ0n) is 9.66. The van der Waals surface area contributed by atoms with E-state index in [1.165, 1.54) is 35.4 Å². The number of nitrogens with zero attached hydrogens (tertiary/aromatic N) is 2. The van der Waals surface area contributed by atoms with Crippen molar-refractivity contribution in [2.75, 3.05) is 0 Å². The molecule has 92 valence electrons. The van der Waals surface area contributed by atoms with Gasteiger partial charge in [0.25, 0.3) is 5.91 Å². The average molecular weight is 245 g/mol. The number of pyridine rings is 1. The third-order valence-corrected chi connectivity index (χ3v) is 2.25. The molecule has 0 fully saturated rings. The smallest absolute Gasteiger partial charge is 0.272 e. The number of carbonyl (C=O) groups excluding carboxylic acids is 1. The van der Waals surface area contributed by atoms with Crippen LogP contribution in [0.4, 0.5) is 0 Å². The Kier molecular flexibility index (Phi) is 3.38. The van der Waals surface area contributed by atoms with Gasteiger partial charge in [-0.2, -0.15) is 5.10 Å². The fourth-order valence-corrected chi connectivity index (χ4v) is 1.31. The first-order chi connectivity index (χ1) is 8.66. The molecule has 0 aliphatic rings. The highest BCUT2D eigenvalue weighted by Gasteiger charge is 2.04. The molecule has 0 spiro atoms. The summed E-state index contributed by atoms with van der Waals surface area (Å²) >= 11 is 0. The first-order valence-corrected chi connectivity index (χ1v) is 5.20. The topological polar surface area (TPSA) is 76.6 Å². The van der Waals surface area contributed by atoms with Crippen LogP contribution in [-0.2, 0) is 7.05 Å². The summed E-state index contributed by atoms with van der Waals surface area (Å²) in [6.07, 6.45) is 4.34. The Morgan fingerprint density at radius 1 is 1.44 bits per heavy atom. The molecule has 1 N–H and O–H groups in total. The van der Waals surface area contributed by atoms with E-state index in [1.54, 1.807) is 19.2 Å². The lowest BCUT2D eigenvalue weighted by atomic mass is 10.3. The number of aromatic nitrogens is 1. The van der Waals surface area contributed by atoms with Crippen LogP contribution in [0.15, 0.2) is 51.0 Å². The van der Waals surface area contributed by atoms with Gasteiger partial charge in [-0.3, -0.25) is 9.59 Å². The quantitative estimate of drug-likeness (QED) is 0.640. The molecular weight excluding hydrogens is 234 g/mol. The highest BCUT2D eigenvalue weighted by molar-refractivity contribution is 5.94. The van der Waals surface area contributed by atoms with Gasteiger partial charge in [0.2, 0.25) is 5.56 Å². The van der Waals surface area contributed by atoms with E-state index >= 15 is 0 Å². The number of amides is 1. The van der Waals surface area contributed by atoms with Crippen LogP contribution in [0.25, 0.3) is 0 Å². The summed E-state index contributed by atoms with van der Waals surface area (Å²) in [6.45, 7) is 0. The van der Waals surface area contributed by atoms with Crippen LogP contribution in [0.5, 0.6) is 0 Å². The number of nitrogens with one attached hydrogen (secondary N) is 1. The molecule has 18 heavy (non-hydrogen) atoms. The molecular formula is C12H11N3O3. The summed E-state index contributed by atoms with van der Waals surface area (Å²) in [4.78, 5) is 22.8. The third-order valence-electron chi connectivity index (χ3n) is 2.25. The number of aryl methyl sites for hydroxylation is 1. The van der Waals surface area contributed by atoms with E-state index in [-0.39, 0.29) is 5.56 Å². The van der Waals surface area contributed by atoms with Crippen LogP contribution < -0.4 is 11.0 Å². The van der Waals surface area contributed by atoms with Gasteiger partial charge in [0.05, 0.1) is 18.0 Å². The lowest BCUT2D eigenvalue weighted by Gasteiger charge is -2.01. The lowest BCUT2D eigenvalue weighted by molar-refractivity contribution is 0.0954. The molecule has 2 aromatic heterocycles. The summed E-state index contributed by atoms with van der Waals surface area (Å²) in [6, 6.07) is 6.20. The van der Waals surface area contributed by atoms with E-state index < -0.39 is 5.91 Å². The summed E-state index contributed by atoms with van der Waals surface area (Å²) < 4.78 is 6.33. The predicted molar refractivity (Wildman–Crippen MR) is 65.5 cm³/mol. The van der Waals surface area contributed by atoms with Gasteiger partial charge in [-0.1, -0.05) is 0 Å². The van der Waals surface area contributed by atoms with E-state index in [4.69, 9.17) is 4.42 Å². The fraction of sp³-hybridized carbons (Fsp3) is 0.0833. The van der Waals surface area contributed by atoms with Gasteiger partial charge in [-0.25, -0.2) is 5.43 Å². The largest absolute Gasteiger partial charge is 0.463 e. The molecule has 0 aliphatic heterocycles. The van der Waals surface area contributed by atoms with Crippen LogP contribution in [-0.4, -0.2) is 16.7 Å². The minimum absolute atomic E-state index is 0.175. The molecule has 2 aromatic rings. The summed E-state index contributed by atoms with van der Waals surface area (Å²) in [5.74, 6) is 0.143. The van der Waals surface area contributed by atoms with E-state index in [0.717, 1.165) is 0 Å². The number of rotatable bonds is 3. The Morgan fingerprint density at radius 2 is 2.28 bits per heavy atom. The van der Waals surface area contributed by atoms with E-state index in [1.807, 2.05) is 0 Å². The lowest BCUT2D eigenvalue weighted by Crippen LogP contribution is -2.22. The zero-order valence-corrected chi connectivity index (χ0v) is 9.66. The molecule has 0 bridgehead atoms. The van der Waals surface area contributed by atoms with Gasteiger partial charge in [-0.05, 0) is 18.2 Å². The zero-order chi connectivity index (χ0) is 13.0. The van der Waals surface area contributed by atoms with Crippen molar-refractivity contribution in [2.45, 2.75) is 0 Å². The molecule has 1 amide bonds. The number of hydrogen-bond acceptors (Lipinski definition) is 4. The second kappa shape index (κ2) is 5.13. The van der Waals surface area contributed by atoms with Crippen LogP contribution in [0.1, 0.15) is 16.1 Å². The van der Waals surface area contributed by atoms with Gasteiger partial charge < -0.3 is 8.98 Å². The summed E-state index contributed by atoms with van der Waals surface area (Å²) in [5.41, 5.74) is 2.52. The van der Waals surface area contributed by atoms with Crippen molar-refractivity contribution in [3.05, 3.63) is 58.4 Å². The Labute approximate surface area is 103 Å². The molecule has 0 unspecified atom stereocenters. The SMILES string of the molecule is Cn1cc(C(=O)NN=Cc2ccco2)ccc1=O. The molecule has 0 atom stereocenters. The van der Waals surface area contributed by atoms with E-state index in [9.17, 15) is 9.59 Å². The Morgan fingerprint density at radius 3 is 2.94 bits per heavy atom. The van der Waals surface area contributed by atoms with Gasteiger partial charge in [-0.15, -0.1) is 0 Å². The maximum atomic E-state index is 11.7. The van der Waals surface area contributed by atoms with Crippen molar-refractivity contribution >= 4 is 12.1 Å². The Balaban J connectivity index is 2.04. The molecule has 0 saturated carbocycles. The fourth-order valence-electron chi connectivity index (χ4n) is 1.31. The number of hydrazone groups is 1. The van der Waals surface area contributed by atoms with Crippen molar-refractivity contribution in [2.24, 2.45) is 12.1 Å². The van der Waals surface area contributed by atoms with E-state index in [0.29, 0.717) is 11.3 Å². The highest BCUT2D eigenvalue weighted by atomic mass is 16.3. The third kappa shape index (κ3) is 2.73. The molecule has 0 aliphatic carbocycles. The monoisotopic (exact) mass is 245 g/mol. The number of carbonyl (C=O) groups is 1. The van der Waals surface area contributed by atoms with E-state index in [2.05, 4.69) is 10.5 Å². The van der Waals surface area contributed by atoms with Crippen LogP contribution >= 0.6 is 0 Å². The van der Waals surface area contributed by atoms with Crippen LogP contribution in [0.2, 0.25) is 0 Å². The Hall–Kier alpha value is -2.63.